The second-order valence-corrected chi connectivity index (χ2v) is 9.10. The Morgan fingerprint density at radius 3 is 2.32 bits per heavy atom. The molecule has 9 heteroatoms. The van der Waals surface area contributed by atoms with E-state index in [4.69, 9.17) is 4.74 Å². The third-order valence-electron chi connectivity index (χ3n) is 7.00. The van der Waals surface area contributed by atoms with Gasteiger partial charge in [0.05, 0.1) is 13.3 Å². The van der Waals surface area contributed by atoms with Gasteiger partial charge in [-0.25, -0.2) is 4.98 Å². The molecule has 31 heavy (non-hydrogen) atoms. The molecule has 3 heterocycles. The van der Waals surface area contributed by atoms with Crippen molar-refractivity contribution in [2.75, 3.05) is 51.3 Å². The number of nitrogens with zero attached hydrogens (tertiary/aromatic N) is 5. The maximum absolute atomic E-state index is 12.6. The lowest BCUT2D eigenvalue weighted by Gasteiger charge is -2.37. The molecule has 3 fully saturated rings. The van der Waals surface area contributed by atoms with Crippen LogP contribution in [0.5, 0.6) is 11.6 Å². The average Bonchev–Trinajstić information content (AvgIpc) is 3.20. The number of ether oxygens (including phenoxy) is 1. The number of imide groups is 1. The molecule has 0 radical (unpaired) electrons. The number of unbranched alkanes of at least 4 members (excludes halogenated alkanes) is 1. The van der Waals surface area contributed by atoms with Crippen LogP contribution in [0.2, 0.25) is 0 Å². The van der Waals surface area contributed by atoms with Crippen molar-refractivity contribution in [3.05, 3.63) is 6.20 Å². The first-order valence-corrected chi connectivity index (χ1v) is 11.4. The quantitative estimate of drug-likeness (QED) is 0.515. The fourth-order valence-corrected chi connectivity index (χ4v) is 5.19. The van der Waals surface area contributed by atoms with Crippen LogP contribution in [-0.4, -0.2) is 83.1 Å². The molecule has 2 aliphatic heterocycles. The topological polar surface area (TPSA) is 99.1 Å². The molecular formula is C22H33N5O4. The Morgan fingerprint density at radius 1 is 1.03 bits per heavy atom. The Hall–Kier alpha value is -2.42. The van der Waals surface area contributed by atoms with E-state index < -0.39 is 0 Å². The van der Waals surface area contributed by atoms with Crippen LogP contribution < -0.4 is 9.64 Å². The summed E-state index contributed by atoms with van der Waals surface area (Å²) in [5.74, 6) is 0.769. The van der Waals surface area contributed by atoms with Gasteiger partial charge < -0.3 is 14.7 Å². The van der Waals surface area contributed by atoms with Gasteiger partial charge in [-0.05, 0) is 37.6 Å². The van der Waals surface area contributed by atoms with Gasteiger partial charge in [0.25, 0.3) is 5.88 Å². The fourth-order valence-electron chi connectivity index (χ4n) is 5.19. The van der Waals surface area contributed by atoms with Crippen molar-refractivity contribution < 1.29 is 19.4 Å². The monoisotopic (exact) mass is 431 g/mol. The maximum atomic E-state index is 12.6. The first kappa shape index (κ1) is 21.8. The molecule has 2 amide bonds. The predicted octanol–water partition coefficient (Wildman–Crippen LogP) is 1.80. The first-order chi connectivity index (χ1) is 15.0. The summed E-state index contributed by atoms with van der Waals surface area (Å²) in [6, 6.07) is 0. The van der Waals surface area contributed by atoms with Crippen molar-refractivity contribution in [2.24, 2.45) is 5.41 Å². The minimum absolute atomic E-state index is 0.0183. The largest absolute Gasteiger partial charge is 0.502 e. The number of carbonyl (C=O) groups is 2. The molecule has 1 N–H and O–H groups in total. The summed E-state index contributed by atoms with van der Waals surface area (Å²) in [4.78, 5) is 39.6. The maximum Gasteiger partial charge on any atom is 0.261 e. The number of rotatable bonds is 7. The Balaban J connectivity index is 1.17. The van der Waals surface area contributed by atoms with E-state index in [9.17, 15) is 14.7 Å². The third kappa shape index (κ3) is 4.92. The summed E-state index contributed by atoms with van der Waals surface area (Å²) < 4.78 is 5.07. The molecule has 1 aliphatic carbocycles. The molecule has 0 bridgehead atoms. The summed E-state index contributed by atoms with van der Waals surface area (Å²) in [7, 11) is 1.47. The number of amides is 2. The second-order valence-electron chi connectivity index (χ2n) is 9.10. The number of anilines is 1. The molecule has 1 aromatic rings. The average molecular weight is 432 g/mol. The lowest BCUT2D eigenvalue weighted by molar-refractivity contribution is -0.153. The molecule has 0 unspecified atom stereocenters. The summed E-state index contributed by atoms with van der Waals surface area (Å²) in [5.41, 5.74) is -0.0183. The van der Waals surface area contributed by atoms with E-state index in [-0.39, 0.29) is 28.9 Å². The Morgan fingerprint density at radius 2 is 1.68 bits per heavy atom. The molecular weight excluding hydrogens is 398 g/mol. The van der Waals surface area contributed by atoms with Crippen LogP contribution >= 0.6 is 0 Å². The van der Waals surface area contributed by atoms with Gasteiger partial charge in [-0.15, -0.1) is 0 Å². The van der Waals surface area contributed by atoms with Gasteiger partial charge in [-0.2, -0.15) is 4.98 Å². The van der Waals surface area contributed by atoms with Crippen molar-refractivity contribution in [2.45, 2.75) is 51.4 Å². The highest BCUT2D eigenvalue weighted by Gasteiger charge is 2.44. The zero-order chi connectivity index (χ0) is 21.8. The van der Waals surface area contributed by atoms with Gasteiger partial charge in [-0.3, -0.25) is 19.4 Å². The molecule has 3 aliphatic rings. The smallest absolute Gasteiger partial charge is 0.261 e. The number of methoxy groups -OCH3 is 1. The van der Waals surface area contributed by atoms with E-state index in [0.29, 0.717) is 25.3 Å². The molecule has 9 nitrogen and oxygen atoms in total. The van der Waals surface area contributed by atoms with E-state index in [0.717, 1.165) is 71.2 Å². The van der Waals surface area contributed by atoms with Gasteiger partial charge in [0.2, 0.25) is 17.8 Å². The van der Waals surface area contributed by atoms with Gasteiger partial charge in [0.15, 0.2) is 5.75 Å². The van der Waals surface area contributed by atoms with Gasteiger partial charge in [0.1, 0.15) is 0 Å². The Labute approximate surface area is 183 Å². The van der Waals surface area contributed by atoms with Crippen LogP contribution in [0.4, 0.5) is 5.95 Å². The van der Waals surface area contributed by atoms with Gasteiger partial charge >= 0.3 is 0 Å². The standard InChI is InChI=1S/C22H33N5O4/c1-31-20-17(28)16-23-21(24-20)26-12-10-25(11-13-26)8-4-5-9-27-18(29)14-22(15-19(27)30)6-2-3-7-22/h16,28H,2-15H2,1H3. The van der Waals surface area contributed by atoms with Crippen LogP contribution in [0.15, 0.2) is 6.20 Å². The summed E-state index contributed by atoms with van der Waals surface area (Å²) in [6.45, 7) is 4.91. The number of aromatic nitrogens is 2. The van der Waals surface area contributed by atoms with Crippen LogP contribution in [0.3, 0.4) is 0 Å². The summed E-state index contributed by atoms with van der Waals surface area (Å²) in [5, 5.41) is 9.65. The van der Waals surface area contributed by atoms with Crippen molar-refractivity contribution in [1.29, 1.82) is 0 Å². The number of hydrogen-bond acceptors (Lipinski definition) is 8. The highest BCUT2D eigenvalue weighted by molar-refractivity contribution is 5.98. The number of aromatic hydroxyl groups is 1. The second kappa shape index (κ2) is 9.38. The highest BCUT2D eigenvalue weighted by atomic mass is 16.5. The van der Waals surface area contributed by atoms with Crippen LogP contribution in [0.1, 0.15) is 51.4 Å². The molecule has 1 spiro atoms. The van der Waals surface area contributed by atoms with Gasteiger partial charge in [-0.1, -0.05) is 12.8 Å². The van der Waals surface area contributed by atoms with Crippen molar-refractivity contribution >= 4 is 17.8 Å². The highest BCUT2D eigenvalue weighted by Crippen LogP contribution is 2.46. The molecule has 170 valence electrons. The van der Waals surface area contributed by atoms with Crippen LogP contribution in [0.25, 0.3) is 0 Å². The van der Waals surface area contributed by atoms with Crippen LogP contribution in [0, 0.1) is 5.41 Å². The Kier molecular flexibility index (Phi) is 6.60. The van der Waals surface area contributed by atoms with Crippen molar-refractivity contribution in [3.63, 3.8) is 0 Å². The normalized spacial score (nSPS) is 21.8. The molecule has 0 atom stereocenters. The number of piperazine rings is 1. The minimum Gasteiger partial charge on any atom is -0.502 e. The SMILES string of the molecule is COc1nc(N2CCN(CCCCN3C(=O)CC4(CCCC4)CC3=O)CC2)ncc1O. The molecule has 1 aromatic heterocycles. The number of hydrogen-bond donors (Lipinski definition) is 1. The first-order valence-electron chi connectivity index (χ1n) is 11.4. The van der Waals surface area contributed by atoms with E-state index in [2.05, 4.69) is 19.8 Å². The van der Waals surface area contributed by atoms with Crippen molar-refractivity contribution in [1.82, 2.24) is 19.8 Å². The fraction of sp³-hybridized carbons (Fsp3) is 0.727. The van der Waals surface area contributed by atoms with E-state index >= 15 is 0 Å². The van der Waals surface area contributed by atoms with E-state index in [1.807, 2.05) is 0 Å². The molecule has 2 saturated heterocycles. The van der Waals surface area contributed by atoms with Gasteiger partial charge in [0, 0.05) is 45.6 Å². The minimum atomic E-state index is -0.0611. The number of piperidine rings is 1. The zero-order valence-electron chi connectivity index (χ0n) is 18.4. The lowest BCUT2D eigenvalue weighted by atomic mass is 9.76. The van der Waals surface area contributed by atoms with E-state index in [1.54, 1.807) is 0 Å². The summed E-state index contributed by atoms with van der Waals surface area (Å²) >= 11 is 0. The lowest BCUT2D eigenvalue weighted by Crippen LogP contribution is -2.48. The zero-order valence-corrected chi connectivity index (χ0v) is 18.4. The number of carbonyl (C=O) groups excluding carboxylic acids is 2. The third-order valence-corrected chi connectivity index (χ3v) is 7.00. The molecule has 0 aromatic carbocycles. The van der Waals surface area contributed by atoms with Crippen LogP contribution in [-0.2, 0) is 9.59 Å². The molecule has 1 saturated carbocycles. The van der Waals surface area contributed by atoms with E-state index in [1.165, 1.54) is 18.2 Å². The number of likely N-dealkylation sites (tertiary alicyclic amines) is 1. The molecule has 4 rings (SSSR count). The predicted molar refractivity (Wildman–Crippen MR) is 115 cm³/mol. The Bertz CT molecular complexity index is 783. The van der Waals surface area contributed by atoms with Crippen molar-refractivity contribution in [3.8, 4) is 11.6 Å². The summed E-state index contributed by atoms with van der Waals surface area (Å²) in [6.07, 6.45) is 8.68.